The predicted octanol–water partition coefficient (Wildman–Crippen LogP) is 1.74. The Labute approximate surface area is 107 Å². The van der Waals surface area contributed by atoms with E-state index in [-0.39, 0.29) is 11.5 Å². The SMILES string of the molecule is CCCNC(=O)/C(C#N)=C\Nc1ccc(C)nc1. The van der Waals surface area contributed by atoms with Crippen molar-refractivity contribution in [3.63, 3.8) is 0 Å². The standard InChI is InChI=1S/C13H16N4O/c1-3-6-15-13(18)11(7-14)8-17-12-5-4-10(2)16-9-12/h4-5,8-9,17H,3,6H2,1-2H3,(H,15,18)/b11-8-. The summed E-state index contributed by atoms with van der Waals surface area (Å²) in [6.45, 7) is 4.40. The van der Waals surface area contributed by atoms with Gasteiger partial charge in [-0.25, -0.2) is 0 Å². The van der Waals surface area contributed by atoms with Gasteiger partial charge >= 0.3 is 0 Å². The third kappa shape index (κ3) is 4.26. The summed E-state index contributed by atoms with van der Waals surface area (Å²) in [6, 6.07) is 5.54. The number of hydrogen-bond donors (Lipinski definition) is 2. The molecule has 0 atom stereocenters. The Morgan fingerprint density at radius 2 is 2.33 bits per heavy atom. The quantitative estimate of drug-likeness (QED) is 0.611. The Morgan fingerprint density at radius 3 is 2.89 bits per heavy atom. The number of aromatic nitrogens is 1. The fourth-order valence-corrected chi connectivity index (χ4v) is 1.19. The number of rotatable bonds is 5. The molecular weight excluding hydrogens is 228 g/mol. The molecule has 0 saturated carbocycles. The first-order valence-corrected chi connectivity index (χ1v) is 5.75. The topological polar surface area (TPSA) is 77.8 Å². The van der Waals surface area contributed by atoms with Crippen LogP contribution in [0.4, 0.5) is 5.69 Å². The molecule has 1 heterocycles. The van der Waals surface area contributed by atoms with E-state index in [0.717, 1.165) is 17.8 Å². The van der Waals surface area contributed by atoms with Gasteiger partial charge in [0.2, 0.25) is 0 Å². The van der Waals surface area contributed by atoms with Crippen molar-refractivity contribution in [2.24, 2.45) is 0 Å². The van der Waals surface area contributed by atoms with Gasteiger partial charge in [-0.3, -0.25) is 9.78 Å². The largest absolute Gasteiger partial charge is 0.359 e. The number of nitrogens with one attached hydrogen (secondary N) is 2. The minimum atomic E-state index is -0.369. The molecule has 5 heteroatoms. The first-order chi connectivity index (χ1) is 8.67. The molecule has 1 aromatic rings. The average molecular weight is 244 g/mol. The van der Waals surface area contributed by atoms with Gasteiger partial charge in [-0.1, -0.05) is 6.92 Å². The summed E-state index contributed by atoms with van der Waals surface area (Å²) >= 11 is 0. The van der Waals surface area contributed by atoms with Crippen LogP contribution in [0.15, 0.2) is 30.1 Å². The van der Waals surface area contributed by atoms with E-state index in [2.05, 4.69) is 15.6 Å². The smallest absolute Gasteiger partial charge is 0.263 e. The number of nitrogens with zero attached hydrogens (tertiary/aromatic N) is 2. The van der Waals surface area contributed by atoms with Crippen molar-refractivity contribution in [1.29, 1.82) is 5.26 Å². The van der Waals surface area contributed by atoms with Crippen LogP contribution in [0.25, 0.3) is 0 Å². The molecule has 0 radical (unpaired) electrons. The summed E-state index contributed by atoms with van der Waals surface area (Å²) in [7, 11) is 0. The Hall–Kier alpha value is -2.35. The van der Waals surface area contributed by atoms with Crippen molar-refractivity contribution in [1.82, 2.24) is 10.3 Å². The van der Waals surface area contributed by atoms with Gasteiger partial charge in [0, 0.05) is 18.4 Å². The van der Waals surface area contributed by atoms with Crippen LogP contribution < -0.4 is 10.6 Å². The monoisotopic (exact) mass is 244 g/mol. The third-order valence-corrected chi connectivity index (χ3v) is 2.20. The van der Waals surface area contributed by atoms with Gasteiger partial charge in [-0.2, -0.15) is 5.26 Å². The van der Waals surface area contributed by atoms with Gasteiger partial charge in [0.05, 0.1) is 11.9 Å². The maximum Gasteiger partial charge on any atom is 0.263 e. The minimum Gasteiger partial charge on any atom is -0.359 e. The molecular formula is C13H16N4O. The normalized spacial score (nSPS) is 10.6. The van der Waals surface area contributed by atoms with Gasteiger partial charge in [-0.05, 0) is 25.5 Å². The van der Waals surface area contributed by atoms with Crippen LogP contribution in [-0.4, -0.2) is 17.4 Å². The van der Waals surface area contributed by atoms with Crippen molar-refractivity contribution in [3.05, 3.63) is 35.8 Å². The second kappa shape index (κ2) is 7.07. The molecule has 1 amide bonds. The van der Waals surface area contributed by atoms with Crippen molar-refractivity contribution in [2.75, 3.05) is 11.9 Å². The fourth-order valence-electron chi connectivity index (χ4n) is 1.19. The van der Waals surface area contributed by atoms with Crippen LogP contribution in [0.2, 0.25) is 0 Å². The molecule has 0 aromatic carbocycles. The summed E-state index contributed by atoms with van der Waals surface area (Å²) < 4.78 is 0. The number of pyridine rings is 1. The fraction of sp³-hybridized carbons (Fsp3) is 0.308. The van der Waals surface area contributed by atoms with E-state index >= 15 is 0 Å². The van der Waals surface area contributed by atoms with Crippen LogP contribution in [-0.2, 0) is 4.79 Å². The molecule has 18 heavy (non-hydrogen) atoms. The highest BCUT2D eigenvalue weighted by molar-refractivity contribution is 5.97. The lowest BCUT2D eigenvalue weighted by Gasteiger charge is -2.03. The first-order valence-electron chi connectivity index (χ1n) is 5.75. The molecule has 0 aliphatic carbocycles. The zero-order valence-electron chi connectivity index (χ0n) is 10.5. The highest BCUT2D eigenvalue weighted by Gasteiger charge is 2.06. The Balaban J connectivity index is 2.66. The number of nitriles is 1. The molecule has 0 saturated heterocycles. The molecule has 0 spiro atoms. The van der Waals surface area contributed by atoms with Crippen molar-refractivity contribution in [3.8, 4) is 6.07 Å². The minimum absolute atomic E-state index is 0.0454. The van der Waals surface area contributed by atoms with Gasteiger partial charge in [0.1, 0.15) is 11.6 Å². The van der Waals surface area contributed by atoms with Gasteiger partial charge < -0.3 is 10.6 Å². The number of carbonyl (C=O) groups excluding carboxylic acids is 1. The van der Waals surface area contributed by atoms with E-state index < -0.39 is 0 Å². The van der Waals surface area contributed by atoms with E-state index in [0.29, 0.717) is 6.54 Å². The average Bonchev–Trinajstić information content (AvgIpc) is 2.39. The van der Waals surface area contributed by atoms with Gasteiger partial charge in [0.25, 0.3) is 5.91 Å². The summed E-state index contributed by atoms with van der Waals surface area (Å²) in [5, 5.41) is 14.4. The van der Waals surface area contributed by atoms with Crippen molar-refractivity contribution < 1.29 is 4.79 Å². The third-order valence-electron chi connectivity index (χ3n) is 2.20. The van der Waals surface area contributed by atoms with Crippen molar-refractivity contribution >= 4 is 11.6 Å². The summed E-state index contributed by atoms with van der Waals surface area (Å²) in [5.74, 6) is -0.369. The van der Waals surface area contributed by atoms with E-state index in [4.69, 9.17) is 5.26 Å². The molecule has 2 N–H and O–H groups in total. The van der Waals surface area contributed by atoms with Gasteiger partial charge in [0.15, 0.2) is 0 Å². The zero-order chi connectivity index (χ0) is 13.4. The number of carbonyl (C=O) groups is 1. The second-order valence-electron chi connectivity index (χ2n) is 3.76. The number of amides is 1. The summed E-state index contributed by atoms with van der Waals surface area (Å²) in [5.41, 5.74) is 1.69. The first kappa shape index (κ1) is 13.7. The van der Waals surface area contributed by atoms with Crippen LogP contribution in [0.3, 0.4) is 0 Å². The maximum atomic E-state index is 11.6. The zero-order valence-corrected chi connectivity index (χ0v) is 10.5. The lowest BCUT2D eigenvalue weighted by Crippen LogP contribution is -2.25. The predicted molar refractivity (Wildman–Crippen MR) is 69.6 cm³/mol. The van der Waals surface area contributed by atoms with Crippen molar-refractivity contribution in [2.45, 2.75) is 20.3 Å². The number of hydrogen-bond acceptors (Lipinski definition) is 4. The van der Waals surface area contributed by atoms with E-state index in [1.165, 1.54) is 6.20 Å². The van der Waals surface area contributed by atoms with E-state index in [1.807, 2.05) is 32.0 Å². The highest BCUT2D eigenvalue weighted by Crippen LogP contribution is 2.06. The second-order valence-corrected chi connectivity index (χ2v) is 3.76. The Morgan fingerprint density at radius 1 is 1.56 bits per heavy atom. The summed E-state index contributed by atoms with van der Waals surface area (Å²) in [4.78, 5) is 15.7. The molecule has 94 valence electrons. The van der Waals surface area contributed by atoms with E-state index in [9.17, 15) is 4.79 Å². The molecule has 0 aliphatic heterocycles. The van der Waals surface area contributed by atoms with E-state index in [1.54, 1.807) is 6.20 Å². The Bertz CT molecular complexity index is 471. The molecule has 1 aromatic heterocycles. The van der Waals surface area contributed by atoms with Gasteiger partial charge in [-0.15, -0.1) is 0 Å². The maximum absolute atomic E-state index is 11.6. The molecule has 0 unspecified atom stereocenters. The molecule has 0 bridgehead atoms. The molecule has 0 aliphatic rings. The summed E-state index contributed by atoms with van der Waals surface area (Å²) in [6.07, 6.45) is 3.86. The lowest BCUT2D eigenvalue weighted by molar-refractivity contribution is -0.117. The molecule has 0 fully saturated rings. The molecule has 5 nitrogen and oxygen atoms in total. The van der Waals surface area contributed by atoms with Crippen LogP contribution in [0.1, 0.15) is 19.0 Å². The Kier molecular flexibility index (Phi) is 5.39. The highest BCUT2D eigenvalue weighted by atomic mass is 16.1. The van der Waals surface area contributed by atoms with Crippen LogP contribution in [0.5, 0.6) is 0 Å². The van der Waals surface area contributed by atoms with Crippen LogP contribution >= 0.6 is 0 Å². The number of aryl methyl sites for hydroxylation is 1. The lowest BCUT2D eigenvalue weighted by atomic mass is 10.3. The van der Waals surface area contributed by atoms with Crippen LogP contribution in [0, 0.1) is 18.3 Å². The number of anilines is 1. The molecule has 1 rings (SSSR count).